The molecule has 0 aliphatic heterocycles. The smallest absolute Gasteiger partial charge is 0.311 e. The SMILES string of the molecule is CC(C)C(C(=O)O)c1c(F)cncc1Br. The Morgan fingerprint density at radius 1 is 1.53 bits per heavy atom. The van der Waals surface area contributed by atoms with Gasteiger partial charge in [-0.05, 0) is 21.8 Å². The van der Waals surface area contributed by atoms with Crippen molar-refractivity contribution in [2.75, 3.05) is 0 Å². The molecule has 1 unspecified atom stereocenters. The van der Waals surface area contributed by atoms with Gasteiger partial charge in [0.2, 0.25) is 0 Å². The molecule has 1 rings (SSSR count). The van der Waals surface area contributed by atoms with Gasteiger partial charge in [0.05, 0.1) is 12.1 Å². The molecule has 15 heavy (non-hydrogen) atoms. The van der Waals surface area contributed by atoms with Crippen LogP contribution in [0.1, 0.15) is 25.3 Å². The van der Waals surface area contributed by atoms with E-state index in [1.807, 2.05) is 0 Å². The molecule has 5 heteroatoms. The van der Waals surface area contributed by atoms with Crippen molar-refractivity contribution in [1.82, 2.24) is 4.98 Å². The molecule has 0 aliphatic rings. The van der Waals surface area contributed by atoms with Crippen molar-refractivity contribution in [2.45, 2.75) is 19.8 Å². The second-order valence-corrected chi connectivity index (χ2v) is 4.43. The van der Waals surface area contributed by atoms with Crippen LogP contribution in [0.5, 0.6) is 0 Å². The van der Waals surface area contributed by atoms with E-state index in [4.69, 9.17) is 5.11 Å². The number of carboxylic acid groups (broad SMARTS) is 1. The highest BCUT2D eigenvalue weighted by molar-refractivity contribution is 9.10. The number of hydrogen-bond donors (Lipinski definition) is 1. The zero-order valence-corrected chi connectivity index (χ0v) is 9.95. The van der Waals surface area contributed by atoms with Crippen LogP contribution in [0.2, 0.25) is 0 Å². The van der Waals surface area contributed by atoms with Gasteiger partial charge in [-0.1, -0.05) is 13.8 Å². The number of halogens is 2. The number of rotatable bonds is 3. The number of carbonyl (C=O) groups is 1. The lowest BCUT2D eigenvalue weighted by atomic mass is 9.89. The number of aromatic nitrogens is 1. The Bertz CT molecular complexity index is 361. The van der Waals surface area contributed by atoms with Gasteiger partial charge in [0.15, 0.2) is 0 Å². The maximum absolute atomic E-state index is 13.5. The number of nitrogens with zero attached hydrogens (tertiary/aromatic N) is 1. The van der Waals surface area contributed by atoms with E-state index >= 15 is 0 Å². The Balaban J connectivity index is 3.28. The minimum atomic E-state index is -1.03. The molecule has 0 aliphatic carbocycles. The highest BCUT2D eigenvalue weighted by atomic mass is 79.9. The van der Waals surface area contributed by atoms with E-state index in [0.717, 1.165) is 6.20 Å². The molecular formula is C10H11BrFNO2. The molecule has 0 saturated heterocycles. The zero-order valence-electron chi connectivity index (χ0n) is 8.37. The Hall–Kier alpha value is -0.970. The topological polar surface area (TPSA) is 50.2 Å². The summed E-state index contributed by atoms with van der Waals surface area (Å²) in [4.78, 5) is 14.7. The van der Waals surface area contributed by atoms with Gasteiger partial charge in [0.1, 0.15) is 5.82 Å². The molecule has 1 heterocycles. The largest absolute Gasteiger partial charge is 0.481 e. The average Bonchev–Trinajstić information content (AvgIpc) is 2.09. The first kappa shape index (κ1) is 12.1. The lowest BCUT2D eigenvalue weighted by Crippen LogP contribution is -2.19. The van der Waals surface area contributed by atoms with Gasteiger partial charge in [-0.3, -0.25) is 9.78 Å². The molecule has 0 saturated carbocycles. The van der Waals surface area contributed by atoms with E-state index < -0.39 is 17.7 Å². The maximum Gasteiger partial charge on any atom is 0.311 e. The fourth-order valence-corrected chi connectivity index (χ4v) is 2.01. The summed E-state index contributed by atoms with van der Waals surface area (Å²) in [6, 6.07) is 0. The second-order valence-electron chi connectivity index (χ2n) is 3.58. The predicted octanol–water partition coefficient (Wildman–Crippen LogP) is 2.81. The monoisotopic (exact) mass is 275 g/mol. The molecule has 1 atom stereocenters. The van der Waals surface area contributed by atoms with Crippen LogP contribution in [-0.2, 0) is 4.79 Å². The average molecular weight is 276 g/mol. The van der Waals surface area contributed by atoms with Gasteiger partial charge in [0.25, 0.3) is 0 Å². The third kappa shape index (κ3) is 2.53. The first-order chi connectivity index (χ1) is 6.95. The number of aliphatic carboxylic acids is 1. The van der Waals surface area contributed by atoms with Crippen LogP contribution in [0.25, 0.3) is 0 Å². The normalized spacial score (nSPS) is 12.9. The molecule has 1 aromatic rings. The summed E-state index contributed by atoms with van der Waals surface area (Å²) in [5.41, 5.74) is 0.160. The third-order valence-electron chi connectivity index (χ3n) is 2.13. The highest BCUT2D eigenvalue weighted by Gasteiger charge is 2.28. The maximum atomic E-state index is 13.5. The van der Waals surface area contributed by atoms with Gasteiger partial charge in [-0.2, -0.15) is 0 Å². The van der Waals surface area contributed by atoms with Gasteiger partial charge < -0.3 is 5.11 Å². The minimum Gasteiger partial charge on any atom is -0.481 e. The standard InChI is InChI=1S/C10H11BrFNO2/c1-5(2)8(10(14)15)9-6(11)3-13-4-7(9)12/h3-5,8H,1-2H3,(H,14,15). The summed E-state index contributed by atoms with van der Waals surface area (Å²) in [6.45, 7) is 3.48. The highest BCUT2D eigenvalue weighted by Crippen LogP contribution is 2.32. The number of hydrogen-bond acceptors (Lipinski definition) is 2. The fourth-order valence-electron chi connectivity index (χ4n) is 1.46. The van der Waals surface area contributed by atoms with Gasteiger partial charge >= 0.3 is 5.97 Å². The number of carboxylic acids is 1. The molecule has 3 nitrogen and oxygen atoms in total. The van der Waals surface area contributed by atoms with E-state index in [2.05, 4.69) is 20.9 Å². The first-order valence-electron chi connectivity index (χ1n) is 4.46. The Kier molecular flexibility index (Phi) is 3.79. The van der Waals surface area contributed by atoms with Crippen molar-refractivity contribution in [1.29, 1.82) is 0 Å². The first-order valence-corrected chi connectivity index (χ1v) is 5.26. The molecule has 0 bridgehead atoms. The summed E-state index contributed by atoms with van der Waals surface area (Å²) >= 11 is 3.12. The van der Waals surface area contributed by atoms with E-state index in [1.165, 1.54) is 6.20 Å². The minimum absolute atomic E-state index is 0.160. The van der Waals surface area contributed by atoms with Crippen molar-refractivity contribution >= 4 is 21.9 Å². The summed E-state index contributed by atoms with van der Waals surface area (Å²) in [6.07, 6.45) is 2.43. The van der Waals surface area contributed by atoms with Crippen LogP contribution >= 0.6 is 15.9 Å². The van der Waals surface area contributed by atoms with E-state index in [-0.39, 0.29) is 11.5 Å². The summed E-state index contributed by atoms with van der Waals surface area (Å²) in [7, 11) is 0. The van der Waals surface area contributed by atoms with E-state index in [0.29, 0.717) is 4.47 Å². The quantitative estimate of drug-likeness (QED) is 0.923. The molecule has 0 amide bonds. The van der Waals surface area contributed by atoms with E-state index in [9.17, 15) is 9.18 Å². The predicted molar refractivity (Wildman–Crippen MR) is 57.1 cm³/mol. The molecule has 0 aromatic carbocycles. The Labute approximate surface area is 95.5 Å². The van der Waals surface area contributed by atoms with Crippen LogP contribution in [0.3, 0.4) is 0 Å². The molecule has 0 fully saturated rings. The third-order valence-corrected chi connectivity index (χ3v) is 2.77. The summed E-state index contributed by atoms with van der Waals surface area (Å²) < 4.78 is 13.9. The second kappa shape index (κ2) is 4.70. The molecule has 0 spiro atoms. The van der Waals surface area contributed by atoms with Crippen molar-refractivity contribution in [2.24, 2.45) is 5.92 Å². The van der Waals surface area contributed by atoms with Crippen LogP contribution < -0.4 is 0 Å². The van der Waals surface area contributed by atoms with Gasteiger partial charge in [0, 0.05) is 16.2 Å². The molecule has 0 radical (unpaired) electrons. The van der Waals surface area contributed by atoms with Crippen LogP contribution in [0.4, 0.5) is 4.39 Å². The van der Waals surface area contributed by atoms with E-state index in [1.54, 1.807) is 13.8 Å². The fraction of sp³-hybridized carbons (Fsp3) is 0.400. The van der Waals surface area contributed by atoms with Crippen LogP contribution in [0, 0.1) is 11.7 Å². The van der Waals surface area contributed by atoms with Crippen LogP contribution in [-0.4, -0.2) is 16.1 Å². The van der Waals surface area contributed by atoms with Gasteiger partial charge in [-0.25, -0.2) is 4.39 Å². The lowest BCUT2D eigenvalue weighted by Gasteiger charge is -2.18. The van der Waals surface area contributed by atoms with Gasteiger partial charge in [-0.15, -0.1) is 0 Å². The Morgan fingerprint density at radius 3 is 2.53 bits per heavy atom. The van der Waals surface area contributed by atoms with Crippen molar-refractivity contribution in [3.05, 3.63) is 28.2 Å². The molecular weight excluding hydrogens is 265 g/mol. The summed E-state index contributed by atoms with van der Waals surface area (Å²) in [5, 5.41) is 9.04. The summed E-state index contributed by atoms with van der Waals surface area (Å²) in [5.74, 6) is -2.67. The Morgan fingerprint density at radius 2 is 2.13 bits per heavy atom. The number of pyridine rings is 1. The molecule has 1 aromatic heterocycles. The molecule has 82 valence electrons. The van der Waals surface area contributed by atoms with Crippen molar-refractivity contribution in [3.63, 3.8) is 0 Å². The lowest BCUT2D eigenvalue weighted by molar-refractivity contribution is -0.140. The van der Waals surface area contributed by atoms with Crippen LogP contribution in [0.15, 0.2) is 16.9 Å². The van der Waals surface area contributed by atoms with Crippen molar-refractivity contribution < 1.29 is 14.3 Å². The zero-order chi connectivity index (χ0) is 11.6. The van der Waals surface area contributed by atoms with Crippen molar-refractivity contribution in [3.8, 4) is 0 Å². The molecule has 1 N–H and O–H groups in total.